The first-order chi connectivity index (χ1) is 13.1. The van der Waals surface area contributed by atoms with Gasteiger partial charge in [-0.25, -0.2) is 0 Å². The molecule has 0 aliphatic heterocycles. The SMILES string of the molecule is Cc1ccc(-n2nnnc2C2(Nc3cc(C)cc(C)c3)CCCCC2)cc1. The maximum atomic E-state index is 4.49. The molecule has 0 amide bonds. The van der Waals surface area contributed by atoms with Gasteiger partial charge in [0, 0.05) is 5.69 Å². The van der Waals surface area contributed by atoms with Gasteiger partial charge in [0.05, 0.1) is 11.2 Å². The first-order valence-corrected chi connectivity index (χ1v) is 9.78. The molecule has 3 aromatic rings. The maximum absolute atomic E-state index is 4.49. The summed E-state index contributed by atoms with van der Waals surface area (Å²) in [6.07, 6.45) is 5.69. The van der Waals surface area contributed by atoms with Crippen LogP contribution in [0.4, 0.5) is 5.69 Å². The Bertz CT molecular complexity index is 900. The lowest BCUT2D eigenvalue weighted by atomic mass is 9.80. The Morgan fingerprint density at radius 3 is 2.19 bits per heavy atom. The molecular weight excluding hydrogens is 334 g/mol. The van der Waals surface area contributed by atoms with Gasteiger partial charge < -0.3 is 5.32 Å². The molecular formula is C22H27N5. The summed E-state index contributed by atoms with van der Waals surface area (Å²) >= 11 is 0. The monoisotopic (exact) mass is 361 g/mol. The van der Waals surface area contributed by atoms with Crippen molar-refractivity contribution in [2.75, 3.05) is 5.32 Å². The van der Waals surface area contributed by atoms with Gasteiger partial charge in [-0.2, -0.15) is 4.68 Å². The summed E-state index contributed by atoms with van der Waals surface area (Å²) in [6, 6.07) is 15.0. The van der Waals surface area contributed by atoms with E-state index in [4.69, 9.17) is 0 Å². The number of aromatic nitrogens is 4. The van der Waals surface area contributed by atoms with Gasteiger partial charge in [0.15, 0.2) is 5.82 Å². The Kier molecular flexibility index (Phi) is 4.68. The van der Waals surface area contributed by atoms with Gasteiger partial charge in [0.2, 0.25) is 0 Å². The van der Waals surface area contributed by atoms with Gasteiger partial charge >= 0.3 is 0 Å². The standard InChI is InChI=1S/C22H27N5/c1-16-7-9-20(10-8-16)27-21(24-25-26-27)22(11-5-4-6-12-22)23-19-14-17(2)13-18(3)15-19/h7-10,13-15,23H,4-6,11-12H2,1-3H3. The van der Waals surface area contributed by atoms with Crippen molar-refractivity contribution in [3.05, 3.63) is 65.0 Å². The highest BCUT2D eigenvalue weighted by Crippen LogP contribution is 2.39. The molecule has 5 nitrogen and oxygen atoms in total. The summed E-state index contributed by atoms with van der Waals surface area (Å²) in [5.74, 6) is 0.908. The van der Waals surface area contributed by atoms with Crippen LogP contribution >= 0.6 is 0 Å². The van der Waals surface area contributed by atoms with Gasteiger partial charge in [0.25, 0.3) is 0 Å². The number of nitrogens with one attached hydrogen (secondary N) is 1. The number of anilines is 1. The van der Waals surface area contributed by atoms with Crippen LogP contribution in [0.5, 0.6) is 0 Å². The van der Waals surface area contributed by atoms with Gasteiger partial charge in [-0.15, -0.1) is 5.10 Å². The van der Waals surface area contributed by atoms with Crippen LogP contribution in [0.15, 0.2) is 42.5 Å². The quantitative estimate of drug-likeness (QED) is 0.721. The van der Waals surface area contributed by atoms with E-state index in [2.05, 4.69) is 84.1 Å². The Hall–Kier alpha value is -2.69. The van der Waals surface area contributed by atoms with E-state index in [-0.39, 0.29) is 5.54 Å². The number of rotatable bonds is 4. The van der Waals surface area contributed by atoms with Crippen LogP contribution in [0.1, 0.15) is 54.6 Å². The molecule has 2 aromatic carbocycles. The predicted octanol–water partition coefficient (Wildman–Crippen LogP) is 4.86. The second-order valence-electron chi connectivity index (χ2n) is 7.89. The molecule has 5 heteroatoms. The molecule has 1 aliphatic rings. The molecule has 0 radical (unpaired) electrons. The average molecular weight is 361 g/mol. The molecule has 4 rings (SSSR count). The summed E-state index contributed by atoms with van der Waals surface area (Å²) in [5.41, 5.74) is 5.67. The Morgan fingerprint density at radius 1 is 0.852 bits per heavy atom. The minimum absolute atomic E-state index is 0.243. The van der Waals surface area contributed by atoms with E-state index in [9.17, 15) is 0 Å². The van der Waals surface area contributed by atoms with E-state index in [0.717, 1.165) is 30.0 Å². The van der Waals surface area contributed by atoms with Crippen LogP contribution < -0.4 is 5.32 Å². The fraction of sp³-hybridized carbons (Fsp3) is 0.409. The van der Waals surface area contributed by atoms with Crippen molar-refractivity contribution in [3.8, 4) is 5.69 Å². The van der Waals surface area contributed by atoms with E-state index < -0.39 is 0 Å². The van der Waals surface area contributed by atoms with Crippen molar-refractivity contribution >= 4 is 5.69 Å². The molecule has 0 unspecified atom stereocenters. The molecule has 27 heavy (non-hydrogen) atoms. The number of nitrogens with zero attached hydrogens (tertiary/aromatic N) is 4. The average Bonchev–Trinajstić information content (AvgIpc) is 3.13. The third-order valence-corrected chi connectivity index (χ3v) is 5.49. The molecule has 0 saturated heterocycles. The summed E-state index contributed by atoms with van der Waals surface area (Å²) in [7, 11) is 0. The number of hydrogen-bond acceptors (Lipinski definition) is 4. The van der Waals surface area contributed by atoms with Crippen molar-refractivity contribution in [2.45, 2.75) is 58.4 Å². The molecule has 1 saturated carbocycles. The van der Waals surface area contributed by atoms with Crippen molar-refractivity contribution < 1.29 is 0 Å². The third-order valence-electron chi connectivity index (χ3n) is 5.49. The molecule has 0 atom stereocenters. The molecule has 1 aromatic heterocycles. The van der Waals surface area contributed by atoms with Gasteiger partial charge in [-0.1, -0.05) is 43.0 Å². The van der Waals surface area contributed by atoms with Crippen molar-refractivity contribution in [1.82, 2.24) is 20.2 Å². The first kappa shape index (κ1) is 17.7. The number of aryl methyl sites for hydroxylation is 3. The zero-order valence-electron chi connectivity index (χ0n) is 16.4. The molecule has 1 heterocycles. The Labute approximate surface area is 160 Å². The molecule has 1 fully saturated rings. The zero-order valence-corrected chi connectivity index (χ0v) is 16.4. The number of hydrogen-bond donors (Lipinski definition) is 1. The molecule has 1 aliphatic carbocycles. The minimum Gasteiger partial charge on any atom is -0.373 e. The summed E-state index contributed by atoms with van der Waals surface area (Å²) in [5, 5.41) is 16.7. The second-order valence-corrected chi connectivity index (χ2v) is 7.89. The highest BCUT2D eigenvalue weighted by atomic mass is 15.6. The number of benzene rings is 2. The van der Waals surface area contributed by atoms with Gasteiger partial charge in [-0.05, 0) is 79.4 Å². The van der Waals surface area contributed by atoms with Crippen LogP contribution in [-0.2, 0) is 5.54 Å². The zero-order chi connectivity index (χ0) is 18.9. The van der Waals surface area contributed by atoms with E-state index in [1.54, 1.807) is 0 Å². The van der Waals surface area contributed by atoms with Gasteiger partial charge in [-0.3, -0.25) is 0 Å². The van der Waals surface area contributed by atoms with Crippen LogP contribution in [0.3, 0.4) is 0 Å². The van der Waals surface area contributed by atoms with Crippen molar-refractivity contribution in [3.63, 3.8) is 0 Å². The van der Waals surface area contributed by atoms with Crippen LogP contribution in [0.2, 0.25) is 0 Å². The Balaban J connectivity index is 1.77. The highest BCUT2D eigenvalue weighted by Gasteiger charge is 2.39. The molecule has 1 N–H and O–H groups in total. The lowest BCUT2D eigenvalue weighted by molar-refractivity contribution is 0.309. The smallest absolute Gasteiger partial charge is 0.181 e. The Morgan fingerprint density at radius 2 is 1.52 bits per heavy atom. The first-order valence-electron chi connectivity index (χ1n) is 9.78. The van der Waals surface area contributed by atoms with E-state index in [1.165, 1.54) is 36.0 Å². The van der Waals surface area contributed by atoms with E-state index in [0.29, 0.717) is 0 Å². The fourth-order valence-corrected chi connectivity index (χ4v) is 4.23. The second kappa shape index (κ2) is 7.14. The van der Waals surface area contributed by atoms with Crippen LogP contribution in [-0.4, -0.2) is 20.2 Å². The normalized spacial score (nSPS) is 16.3. The van der Waals surface area contributed by atoms with Crippen molar-refractivity contribution in [2.24, 2.45) is 0 Å². The van der Waals surface area contributed by atoms with Crippen molar-refractivity contribution in [1.29, 1.82) is 0 Å². The highest BCUT2D eigenvalue weighted by molar-refractivity contribution is 5.51. The molecule has 0 bridgehead atoms. The predicted molar refractivity (Wildman–Crippen MR) is 108 cm³/mol. The summed E-state index contributed by atoms with van der Waals surface area (Å²) in [6.45, 7) is 6.37. The summed E-state index contributed by atoms with van der Waals surface area (Å²) < 4.78 is 1.90. The minimum atomic E-state index is -0.243. The lowest BCUT2D eigenvalue weighted by Gasteiger charge is -2.37. The topological polar surface area (TPSA) is 55.6 Å². The lowest BCUT2D eigenvalue weighted by Crippen LogP contribution is -2.40. The third kappa shape index (κ3) is 3.59. The molecule has 0 spiro atoms. The van der Waals surface area contributed by atoms with E-state index >= 15 is 0 Å². The molecule has 140 valence electrons. The van der Waals surface area contributed by atoms with Crippen LogP contribution in [0.25, 0.3) is 5.69 Å². The van der Waals surface area contributed by atoms with Crippen LogP contribution in [0, 0.1) is 20.8 Å². The largest absolute Gasteiger partial charge is 0.373 e. The number of tetrazole rings is 1. The van der Waals surface area contributed by atoms with Gasteiger partial charge in [0.1, 0.15) is 0 Å². The summed E-state index contributed by atoms with van der Waals surface area (Å²) in [4.78, 5) is 0. The fourth-order valence-electron chi connectivity index (χ4n) is 4.23. The van der Waals surface area contributed by atoms with E-state index in [1.807, 2.05) is 4.68 Å². The maximum Gasteiger partial charge on any atom is 0.181 e.